The molecular weight excluding hydrogens is 360 g/mol. The van der Waals surface area contributed by atoms with Crippen LogP contribution in [-0.2, 0) is 14.3 Å². The van der Waals surface area contributed by atoms with Gasteiger partial charge in [0.05, 0.1) is 12.7 Å². The van der Waals surface area contributed by atoms with Gasteiger partial charge in [0.25, 0.3) is 0 Å². The lowest BCUT2D eigenvalue weighted by molar-refractivity contribution is -0.134. The van der Waals surface area contributed by atoms with Crippen LogP contribution in [0.2, 0.25) is 0 Å². The molecule has 3 aromatic rings. The van der Waals surface area contributed by atoms with E-state index in [0.29, 0.717) is 27.3 Å². The summed E-state index contributed by atoms with van der Waals surface area (Å²) in [5, 5.41) is 2.03. The Morgan fingerprint density at radius 1 is 0.750 bits per heavy atom. The summed E-state index contributed by atoms with van der Waals surface area (Å²) in [7, 11) is 1.28. The number of carbonyl (C=O) groups excluding carboxylic acids is 3. The lowest BCUT2D eigenvalue weighted by Gasteiger charge is -2.17. The van der Waals surface area contributed by atoms with Gasteiger partial charge >= 0.3 is 17.9 Å². The number of methoxy groups -OCH3 is 1. The predicted molar refractivity (Wildman–Crippen MR) is 105 cm³/mol. The zero-order valence-corrected chi connectivity index (χ0v) is 15.9. The second kappa shape index (κ2) is 8.08. The van der Waals surface area contributed by atoms with Crippen LogP contribution in [0.4, 0.5) is 0 Å². The largest absolute Gasteiger partial charge is 0.465 e. The van der Waals surface area contributed by atoms with Crippen molar-refractivity contribution in [2.24, 2.45) is 0 Å². The first-order chi connectivity index (χ1) is 13.5. The first-order valence-electron chi connectivity index (χ1n) is 8.98. The number of hydrogen-bond donors (Lipinski definition) is 0. The molecule has 3 rings (SSSR count). The van der Waals surface area contributed by atoms with Crippen LogP contribution in [0.5, 0.6) is 11.5 Å². The Morgan fingerprint density at radius 2 is 1.29 bits per heavy atom. The SMILES string of the molecule is CCC(=O)Oc1c2ccccc2c(OC(=O)CC)c2c(C(=O)OC)cccc12. The van der Waals surface area contributed by atoms with E-state index in [9.17, 15) is 14.4 Å². The van der Waals surface area contributed by atoms with Crippen molar-refractivity contribution in [1.29, 1.82) is 0 Å². The summed E-state index contributed by atoms with van der Waals surface area (Å²) in [4.78, 5) is 36.5. The van der Waals surface area contributed by atoms with Crippen LogP contribution in [0.1, 0.15) is 37.0 Å². The van der Waals surface area contributed by atoms with Crippen molar-refractivity contribution >= 4 is 39.5 Å². The lowest BCUT2D eigenvalue weighted by atomic mass is 9.96. The molecule has 0 bridgehead atoms. The highest BCUT2D eigenvalue weighted by Gasteiger charge is 2.23. The highest BCUT2D eigenvalue weighted by atomic mass is 16.5. The number of carbonyl (C=O) groups is 3. The summed E-state index contributed by atoms with van der Waals surface area (Å²) in [6.45, 7) is 3.38. The summed E-state index contributed by atoms with van der Waals surface area (Å²) in [6.07, 6.45) is 0.363. The molecule has 0 unspecified atom stereocenters. The smallest absolute Gasteiger partial charge is 0.338 e. The Bertz CT molecular complexity index is 1080. The number of fused-ring (bicyclic) bond motifs is 2. The molecule has 144 valence electrons. The molecule has 0 amide bonds. The molecule has 6 nitrogen and oxygen atoms in total. The second-order valence-electron chi connectivity index (χ2n) is 6.08. The Hall–Kier alpha value is -3.41. The van der Waals surface area contributed by atoms with Crippen molar-refractivity contribution in [3.05, 3.63) is 48.0 Å². The summed E-state index contributed by atoms with van der Waals surface area (Å²) < 4.78 is 16.1. The third-order valence-electron chi connectivity index (χ3n) is 4.37. The van der Waals surface area contributed by atoms with E-state index in [1.165, 1.54) is 7.11 Å². The van der Waals surface area contributed by atoms with Gasteiger partial charge in [-0.2, -0.15) is 0 Å². The molecule has 28 heavy (non-hydrogen) atoms. The van der Waals surface area contributed by atoms with Crippen LogP contribution in [0, 0.1) is 0 Å². The second-order valence-corrected chi connectivity index (χ2v) is 6.08. The molecule has 6 heteroatoms. The van der Waals surface area contributed by atoms with Crippen LogP contribution in [0.25, 0.3) is 21.5 Å². The third kappa shape index (κ3) is 3.41. The molecule has 0 atom stereocenters. The van der Waals surface area contributed by atoms with E-state index in [1.807, 2.05) is 0 Å². The average molecular weight is 380 g/mol. The number of esters is 3. The Kier molecular flexibility index (Phi) is 5.59. The minimum Gasteiger partial charge on any atom is -0.465 e. The Balaban J connectivity index is 2.49. The van der Waals surface area contributed by atoms with Crippen LogP contribution in [0.15, 0.2) is 42.5 Å². The molecule has 0 aromatic heterocycles. The van der Waals surface area contributed by atoms with E-state index in [4.69, 9.17) is 14.2 Å². The maximum Gasteiger partial charge on any atom is 0.338 e. The third-order valence-corrected chi connectivity index (χ3v) is 4.37. The molecule has 0 radical (unpaired) electrons. The number of hydrogen-bond acceptors (Lipinski definition) is 6. The van der Waals surface area contributed by atoms with Gasteiger partial charge in [-0.1, -0.05) is 50.2 Å². The normalized spacial score (nSPS) is 10.7. The zero-order valence-electron chi connectivity index (χ0n) is 15.9. The fraction of sp³-hybridized carbons (Fsp3) is 0.227. The van der Waals surface area contributed by atoms with E-state index >= 15 is 0 Å². The maximum atomic E-state index is 12.4. The van der Waals surface area contributed by atoms with Crippen LogP contribution >= 0.6 is 0 Å². The van der Waals surface area contributed by atoms with Crippen molar-refractivity contribution in [3.8, 4) is 11.5 Å². The summed E-state index contributed by atoms with van der Waals surface area (Å²) >= 11 is 0. The molecule has 3 aromatic carbocycles. The van der Waals surface area contributed by atoms with Gasteiger partial charge in [-0.3, -0.25) is 9.59 Å². The molecule has 0 spiro atoms. The Labute approximate surface area is 162 Å². The van der Waals surface area contributed by atoms with Gasteiger partial charge in [0.15, 0.2) is 0 Å². The van der Waals surface area contributed by atoms with Crippen molar-refractivity contribution in [2.45, 2.75) is 26.7 Å². The van der Waals surface area contributed by atoms with Gasteiger partial charge < -0.3 is 14.2 Å². The van der Waals surface area contributed by atoms with Crippen molar-refractivity contribution in [2.75, 3.05) is 7.11 Å². The van der Waals surface area contributed by atoms with Gasteiger partial charge in [-0.05, 0) is 6.07 Å². The minimum absolute atomic E-state index is 0.169. The summed E-state index contributed by atoms with van der Waals surface area (Å²) in [5.41, 5.74) is 0.221. The van der Waals surface area contributed by atoms with E-state index in [2.05, 4.69) is 0 Å². The van der Waals surface area contributed by atoms with Gasteiger partial charge in [-0.15, -0.1) is 0 Å². The van der Waals surface area contributed by atoms with Crippen molar-refractivity contribution < 1.29 is 28.6 Å². The monoisotopic (exact) mass is 380 g/mol. The molecule has 0 fully saturated rings. The number of rotatable bonds is 5. The standard InChI is InChI=1S/C22H20O6/c1-4-17(23)27-20-13-9-6-7-10-14(13)21(28-18(24)5-2)19-15(20)11-8-12-16(19)22(25)26-3/h6-12H,4-5H2,1-3H3. The van der Waals surface area contributed by atoms with Crippen LogP contribution in [-0.4, -0.2) is 25.0 Å². The molecule has 0 saturated heterocycles. The first kappa shape index (κ1) is 19.4. The molecule has 0 aliphatic rings. The minimum atomic E-state index is -0.581. The highest BCUT2D eigenvalue weighted by molar-refractivity contribution is 6.18. The molecule has 0 aliphatic carbocycles. The van der Waals surface area contributed by atoms with Gasteiger partial charge in [0.1, 0.15) is 11.5 Å². The number of ether oxygens (including phenoxy) is 3. The molecule has 0 N–H and O–H groups in total. The fourth-order valence-corrected chi connectivity index (χ4v) is 3.01. The lowest BCUT2D eigenvalue weighted by Crippen LogP contribution is -2.11. The van der Waals surface area contributed by atoms with E-state index in [0.717, 1.165) is 0 Å². The number of benzene rings is 3. The topological polar surface area (TPSA) is 78.9 Å². The molecule has 0 saturated carbocycles. The van der Waals surface area contributed by atoms with Gasteiger partial charge in [0, 0.05) is 34.4 Å². The zero-order chi connectivity index (χ0) is 20.3. The van der Waals surface area contributed by atoms with Crippen molar-refractivity contribution in [3.63, 3.8) is 0 Å². The average Bonchev–Trinajstić information content (AvgIpc) is 2.74. The molecule has 0 aliphatic heterocycles. The van der Waals surface area contributed by atoms with E-state index < -0.39 is 17.9 Å². The van der Waals surface area contributed by atoms with E-state index in [1.54, 1.807) is 56.3 Å². The summed E-state index contributed by atoms with van der Waals surface area (Å²) in [6, 6.07) is 12.1. The predicted octanol–water partition coefficient (Wildman–Crippen LogP) is 4.41. The molecular formula is C22H20O6. The maximum absolute atomic E-state index is 12.4. The highest BCUT2D eigenvalue weighted by Crippen LogP contribution is 2.44. The molecule has 0 heterocycles. The fourth-order valence-electron chi connectivity index (χ4n) is 3.01. The summed E-state index contributed by atoms with van der Waals surface area (Å²) in [5.74, 6) is -0.866. The van der Waals surface area contributed by atoms with Crippen LogP contribution in [0.3, 0.4) is 0 Å². The quantitative estimate of drug-likeness (QED) is 0.371. The van der Waals surface area contributed by atoms with Crippen LogP contribution < -0.4 is 9.47 Å². The van der Waals surface area contributed by atoms with E-state index in [-0.39, 0.29) is 24.2 Å². The van der Waals surface area contributed by atoms with Gasteiger partial charge in [-0.25, -0.2) is 4.79 Å². The first-order valence-corrected chi connectivity index (χ1v) is 8.98. The Morgan fingerprint density at radius 3 is 1.86 bits per heavy atom. The van der Waals surface area contributed by atoms with Gasteiger partial charge in [0.2, 0.25) is 0 Å². The van der Waals surface area contributed by atoms with Crippen molar-refractivity contribution in [1.82, 2.24) is 0 Å².